The standard InChI is InChI=1S/C23H24N2O4S/c1-29-22-14-13-21(19-7-3-4-8-20(19)22)24-23(26)17-9-11-18(12-10-17)30(27,28)25-15-5-2-6-16-25/h3-4,7-14H,2,5-6,15-16H2,1H3,(H,24,26). The minimum atomic E-state index is -3.51. The van der Waals surface area contributed by atoms with Crippen LogP contribution in [0.2, 0.25) is 0 Å². The normalized spacial score (nSPS) is 15.1. The third kappa shape index (κ3) is 3.91. The first-order valence-corrected chi connectivity index (χ1v) is 11.4. The summed E-state index contributed by atoms with van der Waals surface area (Å²) < 4.78 is 32.5. The summed E-state index contributed by atoms with van der Waals surface area (Å²) >= 11 is 0. The highest BCUT2D eigenvalue weighted by Crippen LogP contribution is 2.31. The maximum Gasteiger partial charge on any atom is 0.255 e. The number of nitrogens with one attached hydrogen (secondary N) is 1. The van der Waals surface area contributed by atoms with E-state index in [9.17, 15) is 13.2 Å². The maximum atomic E-state index is 12.8. The first-order chi connectivity index (χ1) is 14.5. The van der Waals surface area contributed by atoms with Crippen molar-refractivity contribution in [2.24, 2.45) is 0 Å². The van der Waals surface area contributed by atoms with Crippen molar-refractivity contribution in [2.75, 3.05) is 25.5 Å². The average Bonchev–Trinajstić information content (AvgIpc) is 2.80. The van der Waals surface area contributed by atoms with E-state index in [4.69, 9.17) is 4.74 Å². The van der Waals surface area contributed by atoms with Gasteiger partial charge < -0.3 is 10.1 Å². The lowest BCUT2D eigenvalue weighted by Crippen LogP contribution is -2.35. The van der Waals surface area contributed by atoms with Gasteiger partial charge >= 0.3 is 0 Å². The quantitative estimate of drug-likeness (QED) is 0.663. The summed E-state index contributed by atoms with van der Waals surface area (Å²) in [6.07, 6.45) is 2.83. The number of hydrogen-bond donors (Lipinski definition) is 1. The van der Waals surface area contributed by atoms with Gasteiger partial charge in [0.1, 0.15) is 5.75 Å². The zero-order chi connectivity index (χ0) is 21.1. The van der Waals surface area contributed by atoms with E-state index in [-0.39, 0.29) is 10.8 Å². The predicted octanol–water partition coefficient (Wildman–Crippen LogP) is 4.28. The number of amides is 1. The molecule has 6 nitrogen and oxygen atoms in total. The Morgan fingerprint density at radius 1 is 0.900 bits per heavy atom. The zero-order valence-electron chi connectivity index (χ0n) is 16.8. The number of carbonyl (C=O) groups is 1. The fourth-order valence-electron chi connectivity index (χ4n) is 3.79. The molecule has 0 saturated carbocycles. The Balaban J connectivity index is 1.56. The number of hydrogen-bond acceptors (Lipinski definition) is 4. The van der Waals surface area contributed by atoms with Gasteiger partial charge in [0, 0.05) is 35.1 Å². The van der Waals surface area contributed by atoms with Gasteiger partial charge in [-0.05, 0) is 49.2 Å². The van der Waals surface area contributed by atoms with Gasteiger partial charge in [-0.25, -0.2) is 8.42 Å². The largest absolute Gasteiger partial charge is 0.496 e. The molecule has 3 aromatic carbocycles. The van der Waals surface area contributed by atoms with Gasteiger partial charge in [0.2, 0.25) is 10.0 Å². The molecule has 1 N–H and O–H groups in total. The number of anilines is 1. The molecule has 1 fully saturated rings. The second-order valence-corrected chi connectivity index (χ2v) is 9.24. The van der Waals surface area contributed by atoms with E-state index >= 15 is 0 Å². The Hall–Kier alpha value is -2.90. The summed E-state index contributed by atoms with van der Waals surface area (Å²) in [6, 6.07) is 17.4. The number of fused-ring (bicyclic) bond motifs is 1. The molecule has 1 amide bonds. The van der Waals surface area contributed by atoms with Crippen molar-refractivity contribution in [3.05, 3.63) is 66.2 Å². The number of piperidine rings is 1. The number of sulfonamides is 1. The molecule has 30 heavy (non-hydrogen) atoms. The van der Waals surface area contributed by atoms with E-state index in [1.54, 1.807) is 25.3 Å². The van der Waals surface area contributed by atoms with E-state index in [0.717, 1.165) is 35.8 Å². The monoisotopic (exact) mass is 424 g/mol. The summed E-state index contributed by atoms with van der Waals surface area (Å²) in [6.45, 7) is 1.10. The first-order valence-electron chi connectivity index (χ1n) is 9.98. The number of carbonyl (C=O) groups excluding carboxylic acids is 1. The molecular weight excluding hydrogens is 400 g/mol. The van der Waals surface area contributed by atoms with Crippen molar-refractivity contribution >= 4 is 32.4 Å². The fraction of sp³-hybridized carbons (Fsp3) is 0.261. The Labute approximate surface area is 176 Å². The lowest BCUT2D eigenvalue weighted by molar-refractivity contribution is 0.102. The van der Waals surface area contributed by atoms with E-state index in [1.807, 2.05) is 30.3 Å². The van der Waals surface area contributed by atoms with Gasteiger partial charge in [-0.15, -0.1) is 0 Å². The van der Waals surface area contributed by atoms with Crippen LogP contribution in [0.5, 0.6) is 5.75 Å². The molecule has 0 radical (unpaired) electrons. The molecule has 0 aromatic heterocycles. The Morgan fingerprint density at radius 2 is 1.57 bits per heavy atom. The number of benzene rings is 3. The molecule has 1 aliphatic rings. The Kier molecular flexibility index (Phi) is 5.74. The van der Waals surface area contributed by atoms with Crippen LogP contribution >= 0.6 is 0 Å². The summed E-state index contributed by atoms with van der Waals surface area (Å²) in [4.78, 5) is 13.0. The molecule has 3 aromatic rings. The van der Waals surface area contributed by atoms with Crippen molar-refractivity contribution in [2.45, 2.75) is 24.2 Å². The SMILES string of the molecule is COc1ccc(NC(=O)c2ccc(S(=O)(=O)N3CCCCC3)cc2)c2ccccc12. The highest BCUT2D eigenvalue weighted by atomic mass is 32.2. The van der Waals surface area contributed by atoms with Crippen LogP contribution in [0.25, 0.3) is 10.8 Å². The average molecular weight is 425 g/mol. The van der Waals surface area contributed by atoms with Gasteiger partial charge in [0.15, 0.2) is 0 Å². The van der Waals surface area contributed by atoms with Crippen LogP contribution < -0.4 is 10.1 Å². The maximum absolute atomic E-state index is 12.8. The summed E-state index contributed by atoms with van der Waals surface area (Å²) in [5.74, 6) is 0.433. The van der Waals surface area contributed by atoms with Crippen molar-refractivity contribution in [1.29, 1.82) is 0 Å². The molecule has 1 saturated heterocycles. The molecule has 1 aliphatic heterocycles. The number of rotatable bonds is 5. The Bertz CT molecular complexity index is 1170. The van der Waals surface area contributed by atoms with Crippen molar-refractivity contribution in [1.82, 2.24) is 4.31 Å². The molecule has 0 spiro atoms. The molecule has 7 heteroatoms. The molecule has 0 bridgehead atoms. The van der Waals surface area contributed by atoms with Crippen LogP contribution in [0.4, 0.5) is 5.69 Å². The van der Waals surface area contributed by atoms with Crippen LogP contribution in [0.15, 0.2) is 65.6 Å². The minimum absolute atomic E-state index is 0.218. The van der Waals surface area contributed by atoms with Crippen LogP contribution in [0, 0.1) is 0 Å². The van der Waals surface area contributed by atoms with E-state index in [1.165, 1.54) is 16.4 Å². The Morgan fingerprint density at radius 3 is 2.23 bits per heavy atom. The lowest BCUT2D eigenvalue weighted by Gasteiger charge is -2.25. The molecule has 156 valence electrons. The highest BCUT2D eigenvalue weighted by Gasteiger charge is 2.26. The van der Waals surface area contributed by atoms with Crippen LogP contribution in [0.1, 0.15) is 29.6 Å². The zero-order valence-corrected chi connectivity index (χ0v) is 17.6. The van der Waals surface area contributed by atoms with Crippen LogP contribution in [-0.2, 0) is 10.0 Å². The van der Waals surface area contributed by atoms with Crippen molar-refractivity contribution < 1.29 is 17.9 Å². The van der Waals surface area contributed by atoms with Crippen LogP contribution in [0.3, 0.4) is 0 Å². The second-order valence-electron chi connectivity index (χ2n) is 7.30. The topological polar surface area (TPSA) is 75.7 Å². The summed E-state index contributed by atoms with van der Waals surface area (Å²) in [5.41, 5.74) is 1.06. The minimum Gasteiger partial charge on any atom is -0.496 e. The van der Waals surface area contributed by atoms with Gasteiger partial charge in [-0.3, -0.25) is 4.79 Å². The van der Waals surface area contributed by atoms with E-state index in [2.05, 4.69) is 5.32 Å². The number of methoxy groups -OCH3 is 1. The first kappa shape index (κ1) is 20.4. The third-order valence-electron chi connectivity index (χ3n) is 5.42. The molecule has 0 atom stereocenters. The van der Waals surface area contributed by atoms with E-state index < -0.39 is 10.0 Å². The molecule has 0 aliphatic carbocycles. The second kappa shape index (κ2) is 8.45. The lowest BCUT2D eigenvalue weighted by atomic mass is 10.1. The number of nitrogens with zero attached hydrogens (tertiary/aromatic N) is 1. The molecule has 1 heterocycles. The van der Waals surface area contributed by atoms with Crippen molar-refractivity contribution in [3.8, 4) is 5.75 Å². The highest BCUT2D eigenvalue weighted by molar-refractivity contribution is 7.89. The third-order valence-corrected chi connectivity index (χ3v) is 7.33. The molecule has 4 rings (SSSR count). The van der Waals surface area contributed by atoms with Gasteiger partial charge in [-0.2, -0.15) is 4.31 Å². The summed E-state index contributed by atoms with van der Waals surface area (Å²) in [5, 5.41) is 4.69. The predicted molar refractivity (Wildman–Crippen MR) is 118 cm³/mol. The van der Waals surface area contributed by atoms with Crippen molar-refractivity contribution in [3.63, 3.8) is 0 Å². The molecule has 0 unspecified atom stereocenters. The smallest absolute Gasteiger partial charge is 0.255 e. The van der Waals surface area contributed by atoms with Gasteiger partial charge in [0.25, 0.3) is 5.91 Å². The van der Waals surface area contributed by atoms with Gasteiger partial charge in [-0.1, -0.05) is 30.7 Å². The summed E-state index contributed by atoms with van der Waals surface area (Å²) in [7, 11) is -1.90. The molecular formula is C23H24N2O4S. The number of ether oxygens (including phenoxy) is 1. The van der Waals surface area contributed by atoms with E-state index in [0.29, 0.717) is 24.3 Å². The fourth-order valence-corrected chi connectivity index (χ4v) is 5.30. The van der Waals surface area contributed by atoms with Crippen LogP contribution in [-0.4, -0.2) is 38.8 Å². The van der Waals surface area contributed by atoms with Gasteiger partial charge in [0.05, 0.1) is 12.0 Å².